The van der Waals surface area contributed by atoms with E-state index in [2.05, 4.69) is 19.2 Å². The van der Waals surface area contributed by atoms with E-state index in [4.69, 9.17) is 5.11 Å². The van der Waals surface area contributed by atoms with Crippen LogP contribution in [0.4, 0.5) is 0 Å². The van der Waals surface area contributed by atoms with Gasteiger partial charge < -0.3 is 10.4 Å². The first-order chi connectivity index (χ1) is 8.50. The molecule has 1 atom stereocenters. The number of aliphatic hydroxyl groups excluding tert-OH is 1. The molecule has 1 aliphatic rings. The van der Waals surface area contributed by atoms with Gasteiger partial charge in [-0.1, -0.05) is 26.0 Å². The number of amides is 1. The van der Waals surface area contributed by atoms with Gasteiger partial charge in [0.1, 0.15) is 0 Å². The molecule has 98 valence electrons. The Balaban J connectivity index is 1.95. The van der Waals surface area contributed by atoms with Crippen LogP contribution in [0.3, 0.4) is 0 Å². The predicted molar refractivity (Wildman–Crippen MR) is 71.3 cm³/mol. The molecule has 0 radical (unpaired) electrons. The molecule has 0 aliphatic heterocycles. The van der Waals surface area contributed by atoms with E-state index in [1.165, 1.54) is 6.42 Å². The monoisotopic (exact) mass is 247 g/mol. The molecule has 18 heavy (non-hydrogen) atoms. The molecule has 0 saturated heterocycles. The minimum atomic E-state index is -0.0119. The Morgan fingerprint density at radius 3 is 2.56 bits per heavy atom. The SMILES string of the molecule is CC1(C)CCC(NC(=O)c2ccc(CO)cc2)C1. The summed E-state index contributed by atoms with van der Waals surface area (Å²) in [7, 11) is 0. The predicted octanol–water partition coefficient (Wildman–Crippen LogP) is 2.49. The van der Waals surface area contributed by atoms with Gasteiger partial charge in [-0.05, 0) is 42.4 Å². The number of hydrogen-bond acceptors (Lipinski definition) is 2. The average Bonchev–Trinajstić information content (AvgIpc) is 2.68. The lowest BCUT2D eigenvalue weighted by Crippen LogP contribution is -2.33. The summed E-state index contributed by atoms with van der Waals surface area (Å²) < 4.78 is 0. The van der Waals surface area contributed by atoms with Crippen LogP contribution in [0.15, 0.2) is 24.3 Å². The normalized spacial score (nSPS) is 21.8. The largest absolute Gasteiger partial charge is 0.392 e. The fraction of sp³-hybridized carbons (Fsp3) is 0.533. The Bertz CT molecular complexity index is 423. The average molecular weight is 247 g/mol. The number of rotatable bonds is 3. The Hall–Kier alpha value is -1.35. The zero-order valence-electron chi connectivity index (χ0n) is 11.1. The maximum absolute atomic E-state index is 12.0. The molecule has 0 bridgehead atoms. The van der Waals surface area contributed by atoms with Crippen molar-refractivity contribution >= 4 is 5.91 Å². The Morgan fingerprint density at radius 1 is 1.39 bits per heavy atom. The standard InChI is InChI=1S/C15H21NO2/c1-15(2)8-7-13(9-15)16-14(18)12-5-3-11(10-17)4-6-12/h3-6,13,17H,7-10H2,1-2H3,(H,16,18). The molecule has 3 nitrogen and oxygen atoms in total. The highest BCUT2D eigenvalue weighted by Crippen LogP contribution is 2.36. The minimum Gasteiger partial charge on any atom is -0.392 e. The van der Waals surface area contributed by atoms with E-state index >= 15 is 0 Å². The van der Waals surface area contributed by atoms with Crippen molar-refractivity contribution in [1.82, 2.24) is 5.32 Å². The maximum atomic E-state index is 12.0. The molecule has 1 aromatic rings. The van der Waals surface area contributed by atoms with Crippen molar-refractivity contribution in [2.45, 2.75) is 45.8 Å². The summed E-state index contributed by atoms with van der Waals surface area (Å²) in [6.07, 6.45) is 3.28. The fourth-order valence-corrected chi connectivity index (χ4v) is 2.59. The third-order valence-electron chi connectivity index (χ3n) is 3.70. The molecule has 0 aromatic heterocycles. The summed E-state index contributed by atoms with van der Waals surface area (Å²) in [5, 5.41) is 12.0. The highest BCUT2D eigenvalue weighted by Gasteiger charge is 2.31. The summed E-state index contributed by atoms with van der Waals surface area (Å²) in [6.45, 7) is 4.50. The summed E-state index contributed by atoms with van der Waals surface area (Å²) in [5.41, 5.74) is 1.84. The second kappa shape index (κ2) is 5.11. The Kier molecular flexibility index (Phi) is 3.71. The minimum absolute atomic E-state index is 0.0119. The van der Waals surface area contributed by atoms with E-state index in [0.717, 1.165) is 18.4 Å². The van der Waals surface area contributed by atoms with Crippen LogP contribution in [0.1, 0.15) is 49.0 Å². The van der Waals surface area contributed by atoms with Crippen molar-refractivity contribution in [2.75, 3.05) is 0 Å². The highest BCUT2D eigenvalue weighted by atomic mass is 16.3. The molecule has 1 aromatic carbocycles. The van der Waals surface area contributed by atoms with E-state index < -0.39 is 0 Å². The van der Waals surface area contributed by atoms with E-state index in [1.54, 1.807) is 24.3 Å². The van der Waals surface area contributed by atoms with Gasteiger partial charge in [-0.3, -0.25) is 4.79 Å². The van der Waals surface area contributed by atoms with Crippen molar-refractivity contribution in [3.63, 3.8) is 0 Å². The van der Waals surface area contributed by atoms with Crippen LogP contribution in [0, 0.1) is 5.41 Å². The Morgan fingerprint density at radius 2 is 2.06 bits per heavy atom. The van der Waals surface area contributed by atoms with E-state index in [1.807, 2.05) is 0 Å². The first-order valence-corrected chi connectivity index (χ1v) is 6.51. The van der Waals surface area contributed by atoms with Crippen LogP contribution in [0.25, 0.3) is 0 Å². The molecule has 1 fully saturated rings. The Labute approximate surface area is 108 Å². The molecule has 1 saturated carbocycles. The van der Waals surface area contributed by atoms with E-state index in [0.29, 0.717) is 17.0 Å². The van der Waals surface area contributed by atoms with Crippen LogP contribution < -0.4 is 5.32 Å². The van der Waals surface area contributed by atoms with Crippen molar-refractivity contribution in [3.8, 4) is 0 Å². The second-order valence-electron chi connectivity index (χ2n) is 5.93. The molecule has 2 rings (SSSR count). The molecular formula is C15H21NO2. The molecule has 1 amide bonds. The molecular weight excluding hydrogens is 226 g/mol. The van der Waals surface area contributed by atoms with Gasteiger partial charge in [0.2, 0.25) is 0 Å². The third-order valence-corrected chi connectivity index (χ3v) is 3.70. The topological polar surface area (TPSA) is 49.3 Å². The van der Waals surface area contributed by atoms with Gasteiger partial charge in [-0.2, -0.15) is 0 Å². The number of benzene rings is 1. The number of carbonyl (C=O) groups excluding carboxylic acids is 1. The smallest absolute Gasteiger partial charge is 0.251 e. The van der Waals surface area contributed by atoms with Crippen molar-refractivity contribution < 1.29 is 9.90 Å². The number of hydrogen-bond donors (Lipinski definition) is 2. The quantitative estimate of drug-likeness (QED) is 0.862. The second-order valence-corrected chi connectivity index (χ2v) is 5.93. The highest BCUT2D eigenvalue weighted by molar-refractivity contribution is 5.94. The van der Waals surface area contributed by atoms with Gasteiger partial charge in [-0.15, -0.1) is 0 Å². The third kappa shape index (κ3) is 3.10. The van der Waals surface area contributed by atoms with Crippen LogP contribution in [-0.2, 0) is 6.61 Å². The van der Waals surface area contributed by atoms with Gasteiger partial charge in [0.25, 0.3) is 5.91 Å². The molecule has 1 aliphatic carbocycles. The van der Waals surface area contributed by atoms with Crippen molar-refractivity contribution in [2.24, 2.45) is 5.41 Å². The maximum Gasteiger partial charge on any atom is 0.251 e. The summed E-state index contributed by atoms with van der Waals surface area (Å²) in [5.74, 6) is -0.0119. The lowest BCUT2D eigenvalue weighted by molar-refractivity contribution is 0.0936. The van der Waals surface area contributed by atoms with Gasteiger partial charge >= 0.3 is 0 Å². The molecule has 0 spiro atoms. The lowest BCUT2D eigenvalue weighted by atomic mass is 9.92. The zero-order chi connectivity index (χ0) is 13.2. The van der Waals surface area contributed by atoms with Crippen molar-refractivity contribution in [1.29, 1.82) is 0 Å². The van der Waals surface area contributed by atoms with Crippen molar-refractivity contribution in [3.05, 3.63) is 35.4 Å². The summed E-state index contributed by atoms with van der Waals surface area (Å²) in [6, 6.07) is 7.40. The molecule has 1 unspecified atom stereocenters. The van der Waals surface area contributed by atoms with Gasteiger partial charge in [0.15, 0.2) is 0 Å². The van der Waals surface area contributed by atoms with Crippen LogP contribution >= 0.6 is 0 Å². The van der Waals surface area contributed by atoms with Gasteiger partial charge in [0.05, 0.1) is 6.61 Å². The first-order valence-electron chi connectivity index (χ1n) is 6.51. The number of aliphatic hydroxyl groups is 1. The lowest BCUT2D eigenvalue weighted by Gasteiger charge is -2.17. The first kappa shape index (κ1) is 13.1. The van der Waals surface area contributed by atoms with E-state index in [9.17, 15) is 4.79 Å². The summed E-state index contributed by atoms with van der Waals surface area (Å²) in [4.78, 5) is 12.0. The molecule has 0 heterocycles. The summed E-state index contributed by atoms with van der Waals surface area (Å²) >= 11 is 0. The van der Waals surface area contributed by atoms with E-state index in [-0.39, 0.29) is 12.5 Å². The van der Waals surface area contributed by atoms with Crippen LogP contribution in [0.5, 0.6) is 0 Å². The zero-order valence-corrected chi connectivity index (χ0v) is 11.1. The van der Waals surface area contributed by atoms with Gasteiger partial charge in [0, 0.05) is 11.6 Å². The molecule has 3 heteroatoms. The number of nitrogens with one attached hydrogen (secondary N) is 1. The fourth-order valence-electron chi connectivity index (χ4n) is 2.59. The van der Waals surface area contributed by atoms with Crippen LogP contribution in [-0.4, -0.2) is 17.1 Å². The van der Waals surface area contributed by atoms with Gasteiger partial charge in [-0.25, -0.2) is 0 Å². The van der Waals surface area contributed by atoms with Crippen LogP contribution in [0.2, 0.25) is 0 Å². The number of carbonyl (C=O) groups is 1. The molecule has 2 N–H and O–H groups in total.